The van der Waals surface area contributed by atoms with Crippen LogP contribution in [0.4, 0.5) is 0 Å². The fourth-order valence-corrected chi connectivity index (χ4v) is 3.87. The van der Waals surface area contributed by atoms with Crippen molar-refractivity contribution in [1.82, 2.24) is 20.1 Å². The van der Waals surface area contributed by atoms with E-state index in [4.69, 9.17) is 5.11 Å². The largest absolute Gasteiger partial charge is 0.477 e. The summed E-state index contributed by atoms with van der Waals surface area (Å²) in [6.07, 6.45) is 3.67. The molecule has 3 N–H and O–H groups in total. The summed E-state index contributed by atoms with van der Waals surface area (Å²) in [6.45, 7) is 2.57. The molecule has 4 rings (SSSR count). The van der Waals surface area contributed by atoms with E-state index in [1.807, 2.05) is 48.1 Å². The molecule has 0 radical (unpaired) electrons. The molecule has 0 aliphatic rings. The molecule has 28 heavy (non-hydrogen) atoms. The minimum atomic E-state index is -0.971. The number of nitrogens with one attached hydrogen (secondary N) is 2. The highest BCUT2D eigenvalue weighted by molar-refractivity contribution is 7.20. The molecule has 1 atom stereocenters. The van der Waals surface area contributed by atoms with Crippen LogP contribution in [0, 0.1) is 0 Å². The van der Waals surface area contributed by atoms with Crippen molar-refractivity contribution in [3.63, 3.8) is 0 Å². The van der Waals surface area contributed by atoms with Gasteiger partial charge in [-0.1, -0.05) is 30.3 Å². The van der Waals surface area contributed by atoms with Crippen LogP contribution in [0.15, 0.2) is 54.9 Å². The van der Waals surface area contributed by atoms with E-state index in [0.717, 1.165) is 27.2 Å². The summed E-state index contributed by atoms with van der Waals surface area (Å²) in [5, 5.41) is 16.3. The normalized spacial score (nSPS) is 12.2. The molecule has 0 bridgehead atoms. The van der Waals surface area contributed by atoms with Crippen LogP contribution >= 0.6 is 11.3 Å². The van der Waals surface area contributed by atoms with E-state index in [1.54, 1.807) is 12.3 Å². The van der Waals surface area contributed by atoms with E-state index < -0.39 is 5.97 Å². The molecule has 0 saturated heterocycles. The Kier molecular flexibility index (Phi) is 4.70. The number of thiophene rings is 1. The third kappa shape index (κ3) is 3.67. The number of fused-ring (bicyclic) bond motifs is 1. The average Bonchev–Trinajstić information content (AvgIpc) is 3.37. The lowest BCUT2D eigenvalue weighted by atomic mass is 10.2. The van der Waals surface area contributed by atoms with Gasteiger partial charge in [0.15, 0.2) is 0 Å². The predicted molar refractivity (Wildman–Crippen MR) is 107 cm³/mol. The standard InChI is InChI=1S/C20H18N4O3S/c1-12(14-9-21-24(11-14)10-13-5-3-2-4-6-13)22-19(25)16-8-17-15(23-16)7-18(28-17)20(26)27/h2-9,11-12,23H,10H2,1H3,(H,22,25)(H,26,27). The number of carbonyl (C=O) groups is 2. The van der Waals surface area contributed by atoms with Gasteiger partial charge in [0.1, 0.15) is 10.6 Å². The monoisotopic (exact) mass is 394 g/mol. The topological polar surface area (TPSA) is 100 Å². The average molecular weight is 394 g/mol. The zero-order valence-electron chi connectivity index (χ0n) is 15.0. The minimum absolute atomic E-state index is 0.215. The lowest BCUT2D eigenvalue weighted by Crippen LogP contribution is -2.26. The lowest BCUT2D eigenvalue weighted by molar-refractivity contribution is 0.0702. The zero-order valence-corrected chi connectivity index (χ0v) is 15.9. The third-order valence-corrected chi connectivity index (χ3v) is 5.52. The van der Waals surface area contributed by atoms with E-state index in [0.29, 0.717) is 17.8 Å². The number of nitrogens with zero attached hydrogens (tertiary/aromatic N) is 2. The Morgan fingerprint density at radius 1 is 1.29 bits per heavy atom. The van der Waals surface area contributed by atoms with E-state index in [9.17, 15) is 9.59 Å². The Bertz CT molecular complexity index is 1110. The van der Waals surface area contributed by atoms with Crippen LogP contribution in [0.3, 0.4) is 0 Å². The SMILES string of the molecule is CC(NC(=O)c1cc2sc(C(=O)O)cc2[nH]1)c1cnn(Cc2ccccc2)c1. The summed E-state index contributed by atoms with van der Waals surface area (Å²) in [6, 6.07) is 13.0. The van der Waals surface area contributed by atoms with Gasteiger partial charge in [-0.05, 0) is 24.6 Å². The maximum absolute atomic E-state index is 12.5. The number of benzene rings is 1. The number of hydrogen-bond donors (Lipinski definition) is 3. The number of carboxylic acid groups (broad SMARTS) is 1. The third-order valence-electron chi connectivity index (χ3n) is 4.45. The van der Waals surface area contributed by atoms with Crippen molar-refractivity contribution in [2.24, 2.45) is 0 Å². The maximum atomic E-state index is 12.5. The Labute approximate surface area is 164 Å². The molecule has 0 spiro atoms. The van der Waals surface area contributed by atoms with E-state index >= 15 is 0 Å². The van der Waals surface area contributed by atoms with Gasteiger partial charge in [-0.25, -0.2) is 4.79 Å². The molecule has 142 valence electrons. The second-order valence-electron chi connectivity index (χ2n) is 6.53. The van der Waals surface area contributed by atoms with Crippen LogP contribution in [0.1, 0.15) is 44.3 Å². The van der Waals surface area contributed by atoms with Crippen LogP contribution in [-0.2, 0) is 6.54 Å². The molecule has 1 amide bonds. The van der Waals surface area contributed by atoms with Crippen molar-refractivity contribution in [3.05, 3.63) is 76.6 Å². The number of aromatic carboxylic acids is 1. The summed E-state index contributed by atoms with van der Waals surface area (Å²) < 4.78 is 2.58. The quantitative estimate of drug-likeness (QED) is 0.465. The molecule has 4 aromatic rings. The lowest BCUT2D eigenvalue weighted by Gasteiger charge is -2.11. The molecule has 0 aliphatic heterocycles. The van der Waals surface area contributed by atoms with Gasteiger partial charge >= 0.3 is 5.97 Å². The maximum Gasteiger partial charge on any atom is 0.345 e. The molecule has 8 heteroatoms. The van der Waals surface area contributed by atoms with Crippen molar-refractivity contribution in [2.45, 2.75) is 19.5 Å². The van der Waals surface area contributed by atoms with Gasteiger partial charge in [0, 0.05) is 11.8 Å². The molecule has 3 aromatic heterocycles. The van der Waals surface area contributed by atoms with E-state index in [1.165, 1.54) is 6.07 Å². The molecule has 7 nitrogen and oxygen atoms in total. The van der Waals surface area contributed by atoms with Crippen molar-refractivity contribution >= 4 is 33.4 Å². The highest BCUT2D eigenvalue weighted by Gasteiger charge is 2.17. The Balaban J connectivity index is 1.43. The molecule has 0 aliphatic carbocycles. The summed E-state index contributed by atoms with van der Waals surface area (Å²) in [7, 11) is 0. The summed E-state index contributed by atoms with van der Waals surface area (Å²) >= 11 is 1.14. The Morgan fingerprint density at radius 2 is 2.07 bits per heavy atom. The van der Waals surface area contributed by atoms with Crippen molar-refractivity contribution in [3.8, 4) is 0 Å². The van der Waals surface area contributed by atoms with Gasteiger partial charge in [-0.3, -0.25) is 9.48 Å². The van der Waals surface area contributed by atoms with Gasteiger partial charge in [-0.15, -0.1) is 11.3 Å². The van der Waals surface area contributed by atoms with Crippen LogP contribution in [0.5, 0.6) is 0 Å². The van der Waals surface area contributed by atoms with E-state index in [2.05, 4.69) is 15.4 Å². The number of carboxylic acids is 1. The van der Waals surface area contributed by atoms with Crippen LogP contribution in [-0.4, -0.2) is 31.7 Å². The fourth-order valence-electron chi connectivity index (χ4n) is 2.97. The Hall–Kier alpha value is -3.39. The Morgan fingerprint density at radius 3 is 2.79 bits per heavy atom. The van der Waals surface area contributed by atoms with Crippen LogP contribution in [0.25, 0.3) is 10.2 Å². The minimum Gasteiger partial charge on any atom is -0.477 e. The zero-order chi connectivity index (χ0) is 19.7. The van der Waals surface area contributed by atoms with Crippen LogP contribution < -0.4 is 5.32 Å². The number of amides is 1. The van der Waals surface area contributed by atoms with Gasteiger partial charge in [0.25, 0.3) is 5.91 Å². The highest BCUT2D eigenvalue weighted by atomic mass is 32.1. The number of H-pyrrole nitrogens is 1. The molecule has 3 heterocycles. The van der Waals surface area contributed by atoms with Crippen molar-refractivity contribution < 1.29 is 14.7 Å². The smallest absolute Gasteiger partial charge is 0.345 e. The van der Waals surface area contributed by atoms with Gasteiger partial charge < -0.3 is 15.4 Å². The second-order valence-corrected chi connectivity index (χ2v) is 7.61. The van der Waals surface area contributed by atoms with E-state index in [-0.39, 0.29) is 16.8 Å². The number of carbonyl (C=O) groups excluding carboxylic acids is 1. The van der Waals surface area contributed by atoms with Crippen molar-refractivity contribution in [1.29, 1.82) is 0 Å². The highest BCUT2D eigenvalue weighted by Crippen LogP contribution is 2.26. The summed E-state index contributed by atoms with van der Waals surface area (Å²) in [5.74, 6) is -1.22. The number of aromatic amines is 1. The first kappa shape index (κ1) is 18.0. The second kappa shape index (κ2) is 7.32. The predicted octanol–water partition coefficient (Wildman–Crippen LogP) is 3.66. The molecule has 1 unspecified atom stereocenters. The van der Waals surface area contributed by atoms with Crippen LogP contribution in [0.2, 0.25) is 0 Å². The first-order chi connectivity index (χ1) is 13.5. The first-order valence-electron chi connectivity index (χ1n) is 8.72. The fraction of sp³-hybridized carbons (Fsp3) is 0.150. The number of rotatable bonds is 6. The number of aromatic nitrogens is 3. The van der Waals surface area contributed by atoms with Crippen molar-refractivity contribution in [2.75, 3.05) is 0 Å². The first-order valence-corrected chi connectivity index (χ1v) is 9.54. The molecule has 0 fully saturated rings. The van der Waals surface area contributed by atoms with Gasteiger partial charge in [-0.2, -0.15) is 5.10 Å². The van der Waals surface area contributed by atoms with Gasteiger partial charge in [0.05, 0.1) is 29.0 Å². The van der Waals surface area contributed by atoms with Gasteiger partial charge in [0.2, 0.25) is 0 Å². The summed E-state index contributed by atoms with van der Waals surface area (Å²) in [5.41, 5.74) is 3.12. The number of hydrogen-bond acceptors (Lipinski definition) is 4. The molecule has 0 saturated carbocycles. The molecular formula is C20H18N4O3S. The molecular weight excluding hydrogens is 376 g/mol. The molecule has 1 aromatic carbocycles. The summed E-state index contributed by atoms with van der Waals surface area (Å²) in [4.78, 5) is 26.8.